The molecule has 0 saturated heterocycles. The first kappa shape index (κ1) is 13.3. The van der Waals surface area contributed by atoms with Gasteiger partial charge in [-0.25, -0.2) is 9.48 Å². The topological polar surface area (TPSA) is 98.3 Å². The molecule has 19 heavy (non-hydrogen) atoms. The third-order valence-corrected chi connectivity index (χ3v) is 2.83. The summed E-state index contributed by atoms with van der Waals surface area (Å²) in [5, 5.41) is 23.2. The van der Waals surface area contributed by atoms with Crippen LogP contribution in [0, 0.1) is 10.1 Å². The lowest BCUT2D eigenvalue weighted by Gasteiger charge is -2.06. The van der Waals surface area contributed by atoms with Crippen LogP contribution in [0.15, 0.2) is 24.4 Å². The first-order chi connectivity index (χ1) is 8.90. The van der Waals surface area contributed by atoms with Gasteiger partial charge in [0.05, 0.1) is 15.0 Å². The molecule has 0 aliphatic rings. The van der Waals surface area contributed by atoms with Gasteiger partial charge in [-0.15, -0.1) is 0 Å². The van der Waals surface area contributed by atoms with Crippen molar-refractivity contribution in [1.29, 1.82) is 0 Å². The average molecular weight is 302 g/mol. The van der Waals surface area contributed by atoms with E-state index in [9.17, 15) is 14.9 Å². The second kappa shape index (κ2) is 4.87. The minimum Gasteiger partial charge on any atom is -0.476 e. The van der Waals surface area contributed by atoms with E-state index < -0.39 is 10.9 Å². The number of non-ortho nitro benzene ring substituents is 1. The van der Waals surface area contributed by atoms with E-state index in [1.54, 1.807) is 0 Å². The summed E-state index contributed by atoms with van der Waals surface area (Å²) in [6.07, 6.45) is 1.35. The lowest BCUT2D eigenvalue weighted by atomic mass is 10.3. The predicted octanol–water partition coefficient (Wildman–Crippen LogP) is 2.79. The van der Waals surface area contributed by atoms with Gasteiger partial charge in [0.25, 0.3) is 5.69 Å². The van der Waals surface area contributed by atoms with Gasteiger partial charge in [-0.3, -0.25) is 10.1 Å². The fourth-order valence-electron chi connectivity index (χ4n) is 1.44. The summed E-state index contributed by atoms with van der Waals surface area (Å²) < 4.78 is 1.15. The van der Waals surface area contributed by atoms with Crippen LogP contribution in [0.2, 0.25) is 10.0 Å². The molecule has 9 heteroatoms. The predicted molar refractivity (Wildman–Crippen MR) is 67.2 cm³/mol. The number of benzene rings is 1. The van der Waals surface area contributed by atoms with E-state index in [0.29, 0.717) is 0 Å². The third kappa shape index (κ3) is 2.51. The monoisotopic (exact) mass is 301 g/mol. The molecule has 0 unspecified atom stereocenters. The molecule has 0 fully saturated rings. The molecule has 1 heterocycles. The van der Waals surface area contributed by atoms with Gasteiger partial charge < -0.3 is 5.11 Å². The summed E-state index contributed by atoms with van der Waals surface area (Å²) in [6, 6.07) is 3.49. The van der Waals surface area contributed by atoms with Crippen molar-refractivity contribution < 1.29 is 14.8 Å². The highest BCUT2D eigenvalue weighted by molar-refractivity contribution is 6.38. The Morgan fingerprint density at radius 3 is 2.37 bits per heavy atom. The molecule has 0 spiro atoms. The van der Waals surface area contributed by atoms with Gasteiger partial charge in [0.1, 0.15) is 5.69 Å². The fraction of sp³-hybridized carbons (Fsp3) is 0. The van der Waals surface area contributed by atoms with Crippen molar-refractivity contribution in [3.05, 3.63) is 50.2 Å². The smallest absolute Gasteiger partial charge is 0.356 e. The van der Waals surface area contributed by atoms with E-state index in [-0.39, 0.29) is 27.1 Å². The van der Waals surface area contributed by atoms with Gasteiger partial charge in [0.15, 0.2) is 5.69 Å². The van der Waals surface area contributed by atoms with Crippen molar-refractivity contribution in [2.24, 2.45) is 0 Å². The van der Waals surface area contributed by atoms with E-state index in [4.69, 9.17) is 28.3 Å². The Bertz CT molecular complexity index is 660. The van der Waals surface area contributed by atoms with Gasteiger partial charge in [-0.05, 0) is 6.07 Å². The maximum Gasteiger partial charge on any atom is 0.356 e. The molecule has 0 amide bonds. The number of hydrogen-bond donors (Lipinski definition) is 1. The molecule has 0 bridgehead atoms. The van der Waals surface area contributed by atoms with Gasteiger partial charge >= 0.3 is 5.97 Å². The van der Waals surface area contributed by atoms with Crippen LogP contribution in [0.4, 0.5) is 5.69 Å². The molecule has 2 rings (SSSR count). The first-order valence-electron chi connectivity index (χ1n) is 4.83. The van der Waals surface area contributed by atoms with E-state index in [2.05, 4.69) is 5.10 Å². The lowest BCUT2D eigenvalue weighted by Crippen LogP contribution is -2.02. The van der Waals surface area contributed by atoms with E-state index in [1.165, 1.54) is 12.3 Å². The fourth-order valence-corrected chi connectivity index (χ4v) is 2.09. The summed E-state index contributed by atoms with van der Waals surface area (Å²) in [5.74, 6) is -1.20. The zero-order chi connectivity index (χ0) is 14.2. The second-order valence-corrected chi connectivity index (χ2v) is 4.28. The van der Waals surface area contributed by atoms with Crippen molar-refractivity contribution in [3.63, 3.8) is 0 Å². The Kier molecular flexibility index (Phi) is 3.41. The second-order valence-electron chi connectivity index (χ2n) is 3.47. The molecule has 98 valence electrons. The van der Waals surface area contributed by atoms with Gasteiger partial charge in [0.2, 0.25) is 0 Å². The maximum atomic E-state index is 10.7. The van der Waals surface area contributed by atoms with E-state index >= 15 is 0 Å². The molecule has 0 aliphatic carbocycles. The number of carbonyl (C=O) groups is 1. The summed E-state index contributed by atoms with van der Waals surface area (Å²) in [4.78, 5) is 20.7. The SMILES string of the molecule is O=C(O)c1ccn(-c2c(Cl)cc([N+](=O)[O-])cc2Cl)n1. The molecule has 7 nitrogen and oxygen atoms in total. The van der Waals surface area contributed by atoms with E-state index in [1.807, 2.05) is 0 Å². The Balaban J connectivity index is 2.55. The number of carboxylic acids is 1. The van der Waals surface area contributed by atoms with Crippen LogP contribution in [-0.2, 0) is 0 Å². The zero-order valence-corrected chi connectivity index (χ0v) is 10.6. The molecule has 0 saturated carbocycles. The summed E-state index contributed by atoms with van der Waals surface area (Å²) in [6.45, 7) is 0. The number of aromatic nitrogens is 2. The normalized spacial score (nSPS) is 10.4. The quantitative estimate of drug-likeness (QED) is 0.694. The Morgan fingerprint density at radius 2 is 1.95 bits per heavy atom. The number of rotatable bonds is 3. The molecule has 0 atom stereocenters. The average Bonchev–Trinajstić information content (AvgIpc) is 2.77. The first-order valence-corrected chi connectivity index (χ1v) is 5.58. The lowest BCUT2D eigenvalue weighted by molar-refractivity contribution is -0.384. The third-order valence-electron chi connectivity index (χ3n) is 2.25. The Labute approximate surface area is 116 Å². The number of nitrogens with zero attached hydrogens (tertiary/aromatic N) is 3. The summed E-state index contributed by atoms with van der Waals surface area (Å²) in [5.41, 5.74) is -0.267. The van der Waals surface area contributed by atoms with Crippen LogP contribution in [-0.4, -0.2) is 25.8 Å². The molecule has 1 aromatic carbocycles. The molecular weight excluding hydrogens is 297 g/mol. The van der Waals surface area contributed by atoms with Gasteiger partial charge in [-0.1, -0.05) is 23.2 Å². The van der Waals surface area contributed by atoms with Crippen LogP contribution in [0.3, 0.4) is 0 Å². The molecule has 2 aromatic rings. The number of nitro groups is 1. The van der Waals surface area contributed by atoms with Crippen LogP contribution < -0.4 is 0 Å². The highest BCUT2D eigenvalue weighted by Crippen LogP contribution is 2.32. The number of hydrogen-bond acceptors (Lipinski definition) is 4. The molecule has 1 aromatic heterocycles. The Morgan fingerprint density at radius 1 is 1.37 bits per heavy atom. The summed E-state index contributed by atoms with van der Waals surface area (Å²) >= 11 is 11.8. The molecule has 0 radical (unpaired) electrons. The van der Waals surface area contributed by atoms with E-state index in [0.717, 1.165) is 16.8 Å². The van der Waals surface area contributed by atoms with Crippen LogP contribution >= 0.6 is 23.2 Å². The van der Waals surface area contributed by atoms with Crippen LogP contribution in [0.1, 0.15) is 10.5 Å². The van der Waals surface area contributed by atoms with Crippen molar-refractivity contribution in [2.75, 3.05) is 0 Å². The minimum absolute atomic E-state index is 0.000705. The highest BCUT2D eigenvalue weighted by Gasteiger charge is 2.17. The maximum absolute atomic E-state index is 10.7. The number of nitro benzene ring substituents is 1. The number of carboxylic acid groups (broad SMARTS) is 1. The minimum atomic E-state index is -1.20. The standard InChI is InChI=1S/C10H5Cl2N3O4/c11-6-3-5(15(18)19)4-7(12)9(6)14-2-1-8(13-14)10(16)17/h1-4H,(H,16,17). The highest BCUT2D eigenvalue weighted by atomic mass is 35.5. The number of halogens is 2. The Hall–Kier alpha value is -2.12. The molecule has 0 aliphatic heterocycles. The molecule has 1 N–H and O–H groups in total. The van der Waals surface area contributed by atoms with Crippen LogP contribution in [0.5, 0.6) is 0 Å². The summed E-state index contributed by atoms with van der Waals surface area (Å²) in [7, 11) is 0. The van der Waals surface area contributed by atoms with Gasteiger partial charge in [0, 0.05) is 18.3 Å². The largest absolute Gasteiger partial charge is 0.476 e. The zero-order valence-electron chi connectivity index (χ0n) is 9.08. The van der Waals surface area contributed by atoms with Crippen molar-refractivity contribution in [3.8, 4) is 5.69 Å². The molecular formula is C10H5Cl2N3O4. The van der Waals surface area contributed by atoms with Gasteiger partial charge in [-0.2, -0.15) is 5.10 Å². The van der Waals surface area contributed by atoms with Crippen molar-refractivity contribution in [2.45, 2.75) is 0 Å². The number of aromatic carboxylic acids is 1. The van der Waals surface area contributed by atoms with Crippen LogP contribution in [0.25, 0.3) is 5.69 Å². The van der Waals surface area contributed by atoms with Crippen molar-refractivity contribution in [1.82, 2.24) is 9.78 Å². The van der Waals surface area contributed by atoms with Crippen molar-refractivity contribution >= 4 is 34.9 Å².